The van der Waals surface area contributed by atoms with Gasteiger partial charge in [0.1, 0.15) is 12.4 Å². The maximum absolute atomic E-state index is 12.3. The summed E-state index contributed by atoms with van der Waals surface area (Å²) >= 11 is 0. The number of carbonyl (C=O) groups excluding carboxylic acids is 1. The Hall–Kier alpha value is -2.58. The summed E-state index contributed by atoms with van der Waals surface area (Å²) in [5.41, 5.74) is 1.08. The maximum Gasteiger partial charge on any atom is 0.406 e. The molecule has 0 unspecified atom stereocenters. The van der Waals surface area contributed by atoms with E-state index in [1.165, 1.54) is 0 Å². The van der Waals surface area contributed by atoms with Gasteiger partial charge in [0.25, 0.3) is 0 Å². The van der Waals surface area contributed by atoms with E-state index in [0.717, 1.165) is 12.9 Å². The van der Waals surface area contributed by atoms with E-state index in [-0.39, 0.29) is 0 Å². The van der Waals surface area contributed by atoms with Crippen LogP contribution in [0.15, 0.2) is 24.3 Å². The van der Waals surface area contributed by atoms with Crippen LogP contribution < -0.4 is 5.32 Å². The molecule has 0 aliphatic heterocycles. The van der Waals surface area contributed by atoms with Gasteiger partial charge in [-0.3, -0.25) is 0 Å². The molecule has 0 saturated carbocycles. The standard InChI is InChI=1S/C14H16F3N5O/c1-9-19-20-12(22(9)3)10-5-4-6-11(7-10)18-13(23)21(2)8-14(15,16)17/h4-7H,8H2,1-3H3,(H,18,23). The number of aryl methyl sites for hydroxylation is 1. The summed E-state index contributed by atoms with van der Waals surface area (Å²) in [6, 6.07) is 5.83. The van der Waals surface area contributed by atoms with E-state index in [1.807, 2.05) is 0 Å². The molecule has 0 atom stereocenters. The molecule has 0 aliphatic rings. The molecule has 2 amide bonds. The Morgan fingerprint density at radius 2 is 2.04 bits per heavy atom. The highest BCUT2D eigenvalue weighted by Crippen LogP contribution is 2.22. The van der Waals surface area contributed by atoms with Gasteiger partial charge in [-0.25, -0.2) is 4.79 Å². The molecule has 2 rings (SSSR count). The molecule has 1 aromatic carbocycles. The van der Waals surface area contributed by atoms with Gasteiger partial charge < -0.3 is 14.8 Å². The number of nitrogens with zero attached hydrogens (tertiary/aromatic N) is 4. The normalized spacial score (nSPS) is 11.4. The highest BCUT2D eigenvalue weighted by Gasteiger charge is 2.31. The van der Waals surface area contributed by atoms with Crippen molar-refractivity contribution in [1.82, 2.24) is 19.7 Å². The second-order valence-electron chi connectivity index (χ2n) is 5.11. The second kappa shape index (κ2) is 6.27. The van der Waals surface area contributed by atoms with Crippen LogP contribution in [0.5, 0.6) is 0 Å². The average Bonchev–Trinajstić information content (AvgIpc) is 2.77. The van der Waals surface area contributed by atoms with Crippen LogP contribution >= 0.6 is 0 Å². The number of alkyl halides is 3. The van der Waals surface area contributed by atoms with E-state index >= 15 is 0 Å². The molecule has 23 heavy (non-hydrogen) atoms. The van der Waals surface area contributed by atoms with E-state index in [9.17, 15) is 18.0 Å². The molecule has 1 heterocycles. The summed E-state index contributed by atoms with van der Waals surface area (Å²) in [6.07, 6.45) is -4.44. The predicted molar refractivity (Wildman–Crippen MR) is 78.9 cm³/mol. The number of hydrogen-bond donors (Lipinski definition) is 1. The number of hydrogen-bond acceptors (Lipinski definition) is 3. The fourth-order valence-electron chi connectivity index (χ4n) is 1.95. The van der Waals surface area contributed by atoms with Crippen LogP contribution in [0.25, 0.3) is 11.4 Å². The third-order valence-electron chi connectivity index (χ3n) is 3.23. The van der Waals surface area contributed by atoms with Gasteiger partial charge in [-0.15, -0.1) is 10.2 Å². The first-order chi connectivity index (χ1) is 10.7. The minimum Gasteiger partial charge on any atom is -0.318 e. The number of amides is 2. The molecular formula is C14H16F3N5O. The average molecular weight is 327 g/mol. The lowest BCUT2D eigenvalue weighted by molar-refractivity contribution is -0.137. The number of urea groups is 1. The Labute approximate surface area is 130 Å². The van der Waals surface area contributed by atoms with Crippen molar-refractivity contribution >= 4 is 11.7 Å². The zero-order valence-corrected chi connectivity index (χ0v) is 12.8. The molecule has 0 radical (unpaired) electrons. The molecule has 6 nitrogen and oxygen atoms in total. The number of nitrogens with one attached hydrogen (secondary N) is 1. The Morgan fingerprint density at radius 3 is 2.61 bits per heavy atom. The van der Waals surface area contributed by atoms with Gasteiger partial charge in [0.15, 0.2) is 5.82 Å². The molecule has 2 aromatic rings. The van der Waals surface area contributed by atoms with Crippen LogP contribution in [0, 0.1) is 6.92 Å². The summed E-state index contributed by atoms with van der Waals surface area (Å²) in [4.78, 5) is 12.4. The highest BCUT2D eigenvalue weighted by molar-refractivity contribution is 5.89. The van der Waals surface area contributed by atoms with Crippen molar-refractivity contribution in [2.24, 2.45) is 7.05 Å². The first kappa shape index (κ1) is 16.8. The number of rotatable bonds is 3. The van der Waals surface area contributed by atoms with Crippen molar-refractivity contribution in [3.05, 3.63) is 30.1 Å². The van der Waals surface area contributed by atoms with E-state index in [4.69, 9.17) is 0 Å². The fourth-order valence-corrected chi connectivity index (χ4v) is 1.95. The summed E-state index contributed by atoms with van der Waals surface area (Å²) in [7, 11) is 2.88. The molecule has 0 bridgehead atoms. The number of aromatic nitrogens is 3. The lowest BCUT2D eigenvalue weighted by Gasteiger charge is -2.19. The van der Waals surface area contributed by atoms with E-state index in [2.05, 4.69) is 15.5 Å². The Morgan fingerprint density at radius 1 is 1.35 bits per heavy atom. The van der Waals surface area contributed by atoms with Crippen LogP contribution in [-0.2, 0) is 7.05 Å². The summed E-state index contributed by atoms with van der Waals surface area (Å²) in [6.45, 7) is 0.481. The third-order valence-corrected chi connectivity index (χ3v) is 3.23. The number of anilines is 1. The molecule has 9 heteroatoms. The summed E-state index contributed by atoms with van der Waals surface area (Å²) < 4.78 is 38.7. The van der Waals surface area contributed by atoms with Crippen molar-refractivity contribution in [3.8, 4) is 11.4 Å². The minimum atomic E-state index is -4.44. The van der Waals surface area contributed by atoms with Gasteiger partial charge in [-0.05, 0) is 19.1 Å². The molecule has 0 fully saturated rings. The summed E-state index contributed by atoms with van der Waals surface area (Å²) in [5, 5.41) is 10.4. The van der Waals surface area contributed by atoms with Crippen molar-refractivity contribution < 1.29 is 18.0 Å². The molecular weight excluding hydrogens is 311 g/mol. The second-order valence-corrected chi connectivity index (χ2v) is 5.11. The zero-order valence-electron chi connectivity index (χ0n) is 12.8. The van der Waals surface area contributed by atoms with Gasteiger partial charge in [0.2, 0.25) is 0 Å². The number of carbonyl (C=O) groups is 1. The van der Waals surface area contributed by atoms with Crippen LogP contribution in [0.3, 0.4) is 0 Å². The Bertz CT molecular complexity index is 711. The van der Waals surface area contributed by atoms with E-state index < -0.39 is 18.8 Å². The van der Waals surface area contributed by atoms with Crippen molar-refractivity contribution in [2.75, 3.05) is 18.9 Å². The first-order valence-electron chi connectivity index (χ1n) is 6.72. The molecule has 124 valence electrons. The molecule has 0 aliphatic carbocycles. The van der Waals surface area contributed by atoms with E-state index in [1.54, 1.807) is 42.8 Å². The van der Waals surface area contributed by atoms with Gasteiger partial charge in [0.05, 0.1) is 0 Å². The smallest absolute Gasteiger partial charge is 0.318 e. The van der Waals surface area contributed by atoms with Crippen molar-refractivity contribution in [2.45, 2.75) is 13.1 Å². The quantitative estimate of drug-likeness (QED) is 0.943. The Kier molecular flexibility index (Phi) is 4.57. The van der Waals surface area contributed by atoms with Gasteiger partial charge in [0, 0.05) is 25.3 Å². The minimum absolute atomic E-state index is 0.377. The molecule has 1 aromatic heterocycles. The predicted octanol–water partition coefficient (Wildman–Crippen LogP) is 2.82. The first-order valence-corrected chi connectivity index (χ1v) is 6.72. The van der Waals surface area contributed by atoms with Crippen LogP contribution in [0.4, 0.5) is 23.7 Å². The van der Waals surface area contributed by atoms with Gasteiger partial charge in [-0.1, -0.05) is 12.1 Å². The Balaban J connectivity index is 2.14. The fraction of sp³-hybridized carbons (Fsp3) is 0.357. The van der Waals surface area contributed by atoms with Crippen LogP contribution in [0.1, 0.15) is 5.82 Å². The van der Waals surface area contributed by atoms with Gasteiger partial charge >= 0.3 is 12.2 Å². The molecule has 1 N–H and O–H groups in total. The van der Waals surface area contributed by atoms with Gasteiger partial charge in [-0.2, -0.15) is 13.2 Å². The summed E-state index contributed by atoms with van der Waals surface area (Å²) in [5.74, 6) is 1.32. The molecule has 0 spiro atoms. The lowest BCUT2D eigenvalue weighted by atomic mass is 10.2. The zero-order chi connectivity index (χ0) is 17.2. The number of benzene rings is 1. The van der Waals surface area contributed by atoms with E-state index in [0.29, 0.717) is 22.0 Å². The topological polar surface area (TPSA) is 63.1 Å². The van der Waals surface area contributed by atoms with Crippen molar-refractivity contribution in [3.63, 3.8) is 0 Å². The highest BCUT2D eigenvalue weighted by atomic mass is 19.4. The number of halogens is 3. The van der Waals surface area contributed by atoms with Crippen LogP contribution in [0.2, 0.25) is 0 Å². The van der Waals surface area contributed by atoms with Crippen LogP contribution in [-0.4, -0.2) is 45.5 Å². The SMILES string of the molecule is Cc1nnc(-c2cccc(NC(=O)N(C)CC(F)(F)F)c2)n1C. The van der Waals surface area contributed by atoms with Crippen molar-refractivity contribution in [1.29, 1.82) is 0 Å². The third kappa shape index (κ3) is 4.21. The largest absolute Gasteiger partial charge is 0.406 e. The monoisotopic (exact) mass is 327 g/mol. The lowest BCUT2D eigenvalue weighted by Crippen LogP contribution is -2.38. The molecule has 0 saturated heterocycles. The maximum atomic E-state index is 12.3.